The highest BCUT2D eigenvalue weighted by molar-refractivity contribution is 5.35. The molecule has 0 aliphatic carbocycles. The number of ether oxygens (including phenoxy) is 1. The van der Waals surface area contributed by atoms with Gasteiger partial charge in [-0.15, -0.1) is 0 Å². The summed E-state index contributed by atoms with van der Waals surface area (Å²) in [6.45, 7) is 14.9. The van der Waals surface area contributed by atoms with E-state index in [1.807, 2.05) is 0 Å². The SMILES string of the molecule is CCCNCC(C)(C)Oc1cc(C)cc(C(C)C)c1. The number of hydrogen-bond donors (Lipinski definition) is 1. The molecule has 0 amide bonds. The molecule has 1 N–H and O–H groups in total. The van der Waals surface area contributed by atoms with E-state index in [2.05, 4.69) is 65.1 Å². The highest BCUT2D eigenvalue weighted by Gasteiger charge is 2.19. The molecule has 1 aromatic carbocycles. The van der Waals surface area contributed by atoms with Gasteiger partial charge in [0.15, 0.2) is 0 Å². The first-order chi connectivity index (χ1) is 8.84. The lowest BCUT2D eigenvalue weighted by molar-refractivity contribution is 0.108. The molecule has 108 valence electrons. The molecule has 1 aromatic rings. The second kappa shape index (κ2) is 6.95. The molecule has 0 heterocycles. The van der Waals surface area contributed by atoms with Crippen molar-refractivity contribution in [3.8, 4) is 5.75 Å². The van der Waals surface area contributed by atoms with Crippen LogP contribution in [0.5, 0.6) is 5.75 Å². The van der Waals surface area contributed by atoms with Crippen LogP contribution < -0.4 is 10.1 Å². The van der Waals surface area contributed by atoms with Crippen LogP contribution in [0.2, 0.25) is 0 Å². The van der Waals surface area contributed by atoms with Crippen molar-refractivity contribution in [1.82, 2.24) is 5.32 Å². The highest BCUT2D eigenvalue weighted by atomic mass is 16.5. The predicted molar refractivity (Wildman–Crippen MR) is 83.1 cm³/mol. The van der Waals surface area contributed by atoms with E-state index < -0.39 is 0 Å². The molecule has 0 fully saturated rings. The van der Waals surface area contributed by atoms with Crippen LogP contribution in [-0.2, 0) is 0 Å². The average Bonchev–Trinajstić information content (AvgIpc) is 2.27. The van der Waals surface area contributed by atoms with Crippen molar-refractivity contribution in [3.63, 3.8) is 0 Å². The smallest absolute Gasteiger partial charge is 0.120 e. The highest BCUT2D eigenvalue weighted by Crippen LogP contribution is 2.25. The van der Waals surface area contributed by atoms with Crippen LogP contribution in [0.3, 0.4) is 0 Å². The molecule has 0 unspecified atom stereocenters. The van der Waals surface area contributed by atoms with Crippen LogP contribution >= 0.6 is 0 Å². The minimum atomic E-state index is -0.183. The third-order valence-corrected chi connectivity index (χ3v) is 3.11. The fraction of sp³-hybridized carbons (Fsp3) is 0.647. The van der Waals surface area contributed by atoms with Crippen LogP contribution in [0.15, 0.2) is 18.2 Å². The maximum atomic E-state index is 6.16. The van der Waals surface area contributed by atoms with Crippen LogP contribution in [0.1, 0.15) is 58.1 Å². The summed E-state index contributed by atoms with van der Waals surface area (Å²) in [4.78, 5) is 0. The Bertz CT molecular complexity index is 396. The Balaban J connectivity index is 2.75. The molecule has 0 saturated heterocycles. The molecule has 0 saturated carbocycles. The zero-order valence-electron chi connectivity index (χ0n) is 13.3. The van der Waals surface area contributed by atoms with Crippen LogP contribution in [0.4, 0.5) is 0 Å². The van der Waals surface area contributed by atoms with Crippen LogP contribution in [0, 0.1) is 6.92 Å². The fourth-order valence-corrected chi connectivity index (χ4v) is 2.09. The summed E-state index contributed by atoms with van der Waals surface area (Å²) in [6.07, 6.45) is 1.15. The van der Waals surface area contributed by atoms with Gasteiger partial charge in [-0.1, -0.05) is 26.8 Å². The van der Waals surface area contributed by atoms with E-state index in [-0.39, 0.29) is 5.60 Å². The summed E-state index contributed by atoms with van der Waals surface area (Å²) in [5.41, 5.74) is 2.42. The third-order valence-electron chi connectivity index (χ3n) is 3.11. The van der Waals surface area contributed by atoms with Gasteiger partial charge in [0, 0.05) is 6.54 Å². The van der Waals surface area contributed by atoms with Gasteiger partial charge in [0.25, 0.3) is 0 Å². The minimum absolute atomic E-state index is 0.183. The maximum Gasteiger partial charge on any atom is 0.120 e. The van der Waals surface area contributed by atoms with Gasteiger partial charge >= 0.3 is 0 Å². The van der Waals surface area contributed by atoms with Gasteiger partial charge in [-0.25, -0.2) is 0 Å². The largest absolute Gasteiger partial charge is 0.487 e. The maximum absolute atomic E-state index is 6.16. The van der Waals surface area contributed by atoms with Crippen molar-refractivity contribution in [2.45, 2.75) is 59.5 Å². The van der Waals surface area contributed by atoms with E-state index in [1.165, 1.54) is 11.1 Å². The molecule has 0 aliphatic rings. The summed E-state index contributed by atoms with van der Waals surface area (Å²) in [5.74, 6) is 1.51. The zero-order valence-corrected chi connectivity index (χ0v) is 13.3. The van der Waals surface area contributed by atoms with Crippen molar-refractivity contribution in [2.24, 2.45) is 0 Å². The first kappa shape index (κ1) is 16.0. The van der Waals surface area contributed by atoms with Gasteiger partial charge in [-0.3, -0.25) is 0 Å². The normalized spacial score (nSPS) is 11.9. The first-order valence-corrected chi connectivity index (χ1v) is 7.35. The van der Waals surface area contributed by atoms with Gasteiger partial charge in [0.2, 0.25) is 0 Å². The Morgan fingerprint density at radius 3 is 2.47 bits per heavy atom. The van der Waals surface area contributed by atoms with E-state index >= 15 is 0 Å². The van der Waals surface area contributed by atoms with Crippen molar-refractivity contribution in [3.05, 3.63) is 29.3 Å². The molecule has 0 aromatic heterocycles. The second-order valence-electron chi connectivity index (χ2n) is 6.27. The van der Waals surface area contributed by atoms with E-state index in [9.17, 15) is 0 Å². The van der Waals surface area contributed by atoms with E-state index in [1.54, 1.807) is 0 Å². The lowest BCUT2D eigenvalue weighted by Gasteiger charge is -2.27. The second-order valence-corrected chi connectivity index (χ2v) is 6.27. The van der Waals surface area contributed by atoms with Crippen molar-refractivity contribution < 1.29 is 4.74 Å². The fourth-order valence-electron chi connectivity index (χ4n) is 2.09. The lowest BCUT2D eigenvalue weighted by atomic mass is 10.0. The Hall–Kier alpha value is -1.02. The summed E-state index contributed by atoms with van der Waals surface area (Å²) in [5, 5.41) is 3.42. The van der Waals surface area contributed by atoms with Gasteiger partial charge in [0.05, 0.1) is 0 Å². The van der Waals surface area contributed by atoms with Gasteiger partial charge < -0.3 is 10.1 Å². The molecule has 0 spiro atoms. The monoisotopic (exact) mass is 263 g/mol. The molecule has 1 rings (SSSR count). The zero-order chi connectivity index (χ0) is 14.5. The standard InChI is InChI=1S/C17H29NO/c1-7-8-18-12-17(5,6)19-16-10-14(4)9-15(11-16)13(2)3/h9-11,13,18H,7-8,12H2,1-6H3. The lowest BCUT2D eigenvalue weighted by Crippen LogP contribution is -2.40. The molecule has 0 radical (unpaired) electrons. The summed E-state index contributed by atoms with van der Waals surface area (Å²) < 4.78 is 6.16. The molecule has 2 heteroatoms. The summed E-state index contributed by atoms with van der Waals surface area (Å²) >= 11 is 0. The molecular weight excluding hydrogens is 234 g/mol. The van der Waals surface area contributed by atoms with Crippen molar-refractivity contribution >= 4 is 0 Å². The number of rotatable bonds is 7. The Morgan fingerprint density at radius 1 is 1.21 bits per heavy atom. The molecule has 0 aliphatic heterocycles. The molecule has 0 bridgehead atoms. The Labute approximate surface area is 118 Å². The molecular formula is C17H29NO. The molecule has 0 atom stereocenters. The van der Waals surface area contributed by atoms with Crippen LogP contribution in [0.25, 0.3) is 0 Å². The Morgan fingerprint density at radius 2 is 1.89 bits per heavy atom. The van der Waals surface area contributed by atoms with E-state index in [4.69, 9.17) is 4.74 Å². The van der Waals surface area contributed by atoms with Crippen molar-refractivity contribution in [1.29, 1.82) is 0 Å². The number of nitrogens with one attached hydrogen (secondary N) is 1. The average molecular weight is 263 g/mol. The van der Waals surface area contributed by atoms with Crippen molar-refractivity contribution in [2.75, 3.05) is 13.1 Å². The minimum Gasteiger partial charge on any atom is -0.487 e. The topological polar surface area (TPSA) is 21.3 Å². The van der Waals surface area contributed by atoms with E-state index in [0.29, 0.717) is 5.92 Å². The predicted octanol–water partition coefficient (Wildman–Crippen LogP) is 4.28. The van der Waals surface area contributed by atoms with Gasteiger partial charge in [-0.2, -0.15) is 0 Å². The molecule has 19 heavy (non-hydrogen) atoms. The van der Waals surface area contributed by atoms with Crippen LogP contribution in [-0.4, -0.2) is 18.7 Å². The number of hydrogen-bond acceptors (Lipinski definition) is 2. The quantitative estimate of drug-likeness (QED) is 0.742. The summed E-state index contributed by atoms with van der Waals surface area (Å²) in [6, 6.07) is 6.52. The first-order valence-electron chi connectivity index (χ1n) is 7.35. The van der Waals surface area contributed by atoms with E-state index in [0.717, 1.165) is 25.3 Å². The summed E-state index contributed by atoms with van der Waals surface area (Å²) in [7, 11) is 0. The number of benzene rings is 1. The number of aryl methyl sites for hydroxylation is 1. The Kier molecular flexibility index (Phi) is 5.86. The van der Waals surface area contributed by atoms with Gasteiger partial charge in [-0.05, 0) is 62.9 Å². The molecule has 2 nitrogen and oxygen atoms in total. The third kappa shape index (κ3) is 5.65. The van der Waals surface area contributed by atoms with Gasteiger partial charge in [0.1, 0.15) is 11.4 Å².